The molecule has 1 saturated heterocycles. The van der Waals surface area contributed by atoms with Crippen LogP contribution >= 0.6 is 11.3 Å². The molecule has 0 bridgehead atoms. The third kappa shape index (κ3) is 5.22. The van der Waals surface area contributed by atoms with E-state index in [1.54, 1.807) is 36.7 Å². The first kappa shape index (κ1) is 24.6. The van der Waals surface area contributed by atoms with Crippen molar-refractivity contribution in [3.05, 3.63) is 65.7 Å². The molecule has 4 heterocycles. The molecule has 1 aromatic carbocycles. The van der Waals surface area contributed by atoms with Crippen LogP contribution in [0.4, 0.5) is 24.9 Å². The number of likely N-dealkylation sites (tertiary alicyclic amines) is 1. The maximum atomic E-state index is 12.5. The molecule has 1 amide bonds. The molecular weight excluding hydrogens is 509 g/mol. The zero-order chi connectivity index (χ0) is 26.2. The number of nitrogens with one attached hydrogen (secondary N) is 1. The minimum atomic E-state index is -4.86. The van der Waals surface area contributed by atoms with Crippen LogP contribution in [0.15, 0.2) is 60.1 Å². The van der Waals surface area contributed by atoms with E-state index in [-0.39, 0.29) is 17.7 Å². The molecule has 1 aliphatic heterocycles. The Hall–Kier alpha value is -4.10. The number of aromatic nitrogens is 4. The lowest BCUT2D eigenvalue weighted by atomic mass is 9.91. The first-order valence-electron chi connectivity index (χ1n) is 11.0. The summed E-state index contributed by atoms with van der Waals surface area (Å²) in [4.78, 5) is 30.9. The molecule has 9 nitrogen and oxygen atoms in total. The van der Waals surface area contributed by atoms with Crippen molar-refractivity contribution in [2.75, 3.05) is 18.9 Å². The van der Waals surface area contributed by atoms with Crippen molar-refractivity contribution in [2.45, 2.75) is 18.4 Å². The number of rotatable bonds is 6. The number of pyridine rings is 1. The highest BCUT2D eigenvalue weighted by Gasteiger charge is 2.45. The molecule has 190 valence electrons. The molecule has 4 aromatic rings. The average molecular weight is 529 g/mol. The SMILES string of the molecule is CN1CCC(O)(c2cccc(-c3nc(-c4ccnc(Nc5cccc(OC(F)(F)F)n5)n4)cs3)c2)C1=O. The first-order chi connectivity index (χ1) is 17.6. The van der Waals surface area contributed by atoms with Crippen LogP contribution in [0.5, 0.6) is 5.88 Å². The van der Waals surface area contributed by atoms with Gasteiger partial charge in [0.15, 0.2) is 5.60 Å². The van der Waals surface area contributed by atoms with Crippen molar-refractivity contribution in [3.63, 3.8) is 0 Å². The fraction of sp³-hybridized carbons (Fsp3) is 0.208. The van der Waals surface area contributed by atoms with E-state index in [0.717, 1.165) is 11.6 Å². The molecule has 2 N–H and O–H groups in total. The molecule has 0 spiro atoms. The summed E-state index contributed by atoms with van der Waals surface area (Å²) >= 11 is 1.36. The quantitative estimate of drug-likeness (QED) is 0.380. The Labute approximate surface area is 212 Å². The number of hydrogen-bond acceptors (Lipinski definition) is 9. The number of ether oxygens (including phenoxy) is 1. The summed E-state index contributed by atoms with van der Waals surface area (Å²) in [6, 6.07) is 12.6. The Morgan fingerprint density at radius 1 is 1.11 bits per heavy atom. The van der Waals surface area contributed by atoms with Gasteiger partial charge in [-0.2, -0.15) is 4.98 Å². The van der Waals surface area contributed by atoms with Crippen molar-refractivity contribution in [1.82, 2.24) is 24.8 Å². The van der Waals surface area contributed by atoms with Gasteiger partial charge in [0.25, 0.3) is 5.91 Å². The van der Waals surface area contributed by atoms with Gasteiger partial charge in [0.05, 0.1) is 5.69 Å². The van der Waals surface area contributed by atoms with Crippen molar-refractivity contribution >= 4 is 29.0 Å². The first-order valence-corrected chi connectivity index (χ1v) is 11.9. The van der Waals surface area contributed by atoms with Crippen LogP contribution in [0.25, 0.3) is 22.0 Å². The van der Waals surface area contributed by atoms with Gasteiger partial charge < -0.3 is 20.1 Å². The standard InChI is InChI=1S/C24H19F3N6O3S/c1-33-11-9-23(35,21(33)34)15-5-2-4-14(12-15)20-29-17(13-37-20)16-8-10-28-22(30-16)32-18-6-3-7-19(31-18)36-24(25,26)27/h2-8,10,12-13,35H,9,11H2,1H3,(H,28,30,31,32). The molecule has 1 atom stereocenters. The minimum absolute atomic E-state index is 0.0692. The Kier molecular flexibility index (Phi) is 6.25. The second kappa shape index (κ2) is 9.41. The lowest BCUT2D eigenvalue weighted by molar-refractivity contribution is -0.276. The highest BCUT2D eigenvalue weighted by Crippen LogP contribution is 2.36. The second-order valence-corrected chi connectivity index (χ2v) is 9.11. The van der Waals surface area contributed by atoms with Gasteiger partial charge >= 0.3 is 6.36 Å². The molecule has 0 saturated carbocycles. The summed E-state index contributed by atoms with van der Waals surface area (Å²) < 4.78 is 41.3. The Balaban J connectivity index is 1.36. The van der Waals surface area contributed by atoms with Gasteiger partial charge in [0.2, 0.25) is 11.8 Å². The molecule has 1 aliphatic rings. The number of likely N-dealkylation sites (N-methyl/N-ethyl adjacent to an activating group) is 1. The molecule has 3 aromatic heterocycles. The molecule has 13 heteroatoms. The zero-order valence-electron chi connectivity index (χ0n) is 19.2. The molecule has 37 heavy (non-hydrogen) atoms. The minimum Gasteiger partial charge on any atom is -0.388 e. The normalized spacial score (nSPS) is 17.8. The van der Waals surface area contributed by atoms with Gasteiger partial charge in [0, 0.05) is 43.2 Å². The molecule has 1 unspecified atom stereocenters. The van der Waals surface area contributed by atoms with E-state index in [9.17, 15) is 23.1 Å². The molecule has 0 aliphatic carbocycles. The summed E-state index contributed by atoms with van der Waals surface area (Å²) in [5, 5.41) is 16.2. The van der Waals surface area contributed by atoms with Crippen LogP contribution in [0, 0.1) is 0 Å². The molecule has 5 rings (SSSR count). The predicted molar refractivity (Wildman–Crippen MR) is 129 cm³/mol. The highest BCUT2D eigenvalue weighted by molar-refractivity contribution is 7.13. The highest BCUT2D eigenvalue weighted by atomic mass is 32.1. The summed E-state index contributed by atoms with van der Waals surface area (Å²) in [7, 11) is 1.66. The number of carbonyl (C=O) groups excluding carboxylic acids is 1. The number of benzene rings is 1. The lowest BCUT2D eigenvalue weighted by Crippen LogP contribution is -2.36. The monoisotopic (exact) mass is 528 g/mol. The van der Waals surface area contributed by atoms with Crippen molar-refractivity contribution in [3.8, 4) is 27.8 Å². The molecular formula is C24H19F3N6O3S. The maximum absolute atomic E-state index is 12.5. The summed E-state index contributed by atoms with van der Waals surface area (Å²) in [6.07, 6.45) is -3.06. The van der Waals surface area contributed by atoms with Gasteiger partial charge in [-0.3, -0.25) is 4.79 Å². The van der Waals surface area contributed by atoms with Crippen molar-refractivity contribution in [1.29, 1.82) is 0 Å². The van der Waals surface area contributed by atoms with E-state index in [0.29, 0.717) is 34.9 Å². The van der Waals surface area contributed by atoms with E-state index < -0.39 is 17.8 Å². The Morgan fingerprint density at radius 2 is 1.92 bits per heavy atom. The Morgan fingerprint density at radius 3 is 2.68 bits per heavy atom. The number of anilines is 2. The van der Waals surface area contributed by atoms with Gasteiger partial charge in [-0.05, 0) is 23.8 Å². The topological polar surface area (TPSA) is 113 Å². The third-order valence-electron chi connectivity index (χ3n) is 5.70. The number of alkyl halides is 3. The van der Waals surface area contributed by atoms with E-state index in [4.69, 9.17) is 0 Å². The number of aliphatic hydroxyl groups is 1. The number of halogens is 3. The van der Waals surface area contributed by atoms with Gasteiger partial charge in [0.1, 0.15) is 16.5 Å². The number of nitrogens with zero attached hydrogens (tertiary/aromatic N) is 5. The molecule has 0 radical (unpaired) electrons. The van der Waals surface area contributed by atoms with Crippen molar-refractivity contribution < 1.29 is 27.8 Å². The van der Waals surface area contributed by atoms with E-state index >= 15 is 0 Å². The van der Waals surface area contributed by atoms with Crippen LogP contribution in [-0.2, 0) is 10.4 Å². The zero-order valence-corrected chi connectivity index (χ0v) is 20.0. The predicted octanol–water partition coefficient (Wildman–Crippen LogP) is 4.35. The van der Waals surface area contributed by atoms with Gasteiger partial charge in [-0.15, -0.1) is 24.5 Å². The van der Waals surface area contributed by atoms with E-state index in [1.807, 2.05) is 6.07 Å². The van der Waals surface area contributed by atoms with E-state index in [1.165, 1.54) is 34.6 Å². The van der Waals surface area contributed by atoms with Crippen LogP contribution in [0.2, 0.25) is 0 Å². The van der Waals surface area contributed by atoms with Crippen molar-refractivity contribution in [2.24, 2.45) is 0 Å². The summed E-state index contributed by atoms with van der Waals surface area (Å²) in [5.74, 6) is -0.775. The number of thiazole rings is 1. The fourth-order valence-corrected chi connectivity index (χ4v) is 4.70. The smallest absolute Gasteiger partial charge is 0.388 e. The summed E-state index contributed by atoms with van der Waals surface area (Å²) in [5.41, 5.74) is 0.712. The van der Waals surface area contributed by atoms with Crippen LogP contribution < -0.4 is 10.1 Å². The largest absolute Gasteiger partial charge is 0.574 e. The van der Waals surface area contributed by atoms with Crippen LogP contribution in [0.1, 0.15) is 12.0 Å². The van der Waals surface area contributed by atoms with Crippen LogP contribution in [-0.4, -0.2) is 55.8 Å². The van der Waals surface area contributed by atoms with Gasteiger partial charge in [-0.1, -0.05) is 24.3 Å². The van der Waals surface area contributed by atoms with E-state index in [2.05, 4.69) is 30.0 Å². The number of carbonyl (C=O) groups is 1. The Bertz CT molecular complexity index is 1460. The third-order valence-corrected chi connectivity index (χ3v) is 6.59. The summed E-state index contributed by atoms with van der Waals surface area (Å²) in [6.45, 7) is 0.472. The lowest BCUT2D eigenvalue weighted by Gasteiger charge is -2.21. The van der Waals surface area contributed by atoms with Crippen LogP contribution in [0.3, 0.4) is 0 Å². The number of hydrogen-bond donors (Lipinski definition) is 2. The fourth-order valence-electron chi connectivity index (χ4n) is 3.89. The molecule has 1 fully saturated rings. The maximum Gasteiger partial charge on any atom is 0.574 e. The second-order valence-electron chi connectivity index (χ2n) is 8.26. The number of amides is 1. The van der Waals surface area contributed by atoms with Gasteiger partial charge in [-0.25, -0.2) is 15.0 Å². The average Bonchev–Trinajstić information content (AvgIpc) is 3.46.